The first-order valence-electron chi connectivity index (χ1n) is 8.98. The van der Waals surface area contributed by atoms with E-state index >= 15 is 0 Å². The minimum atomic E-state index is -0.474. The van der Waals surface area contributed by atoms with E-state index < -0.39 is 5.60 Å². The Labute approximate surface area is 175 Å². The van der Waals surface area contributed by atoms with Gasteiger partial charge >= 0.3 is 6.09 Å². The van der Waals surface area contributed by atoms with Crippen LogP contribution in [0.15, 0.2) is 51.5 Å². The average Bonchev–Trinajstić information content (AvgIpc) is 2.57. The largest absolute Gasteiger partial charge is 0.444 e. The fourth-order valence-electron chi connectivity index (χ4n) is 2.66. The van der Waals surface area contributed by atoms with E-state index in [0.29, 0.717) is 31.3 Å². The molecule has 0 N–H and O–H groups in total. The van der Waals surface area contributed by atoms with E-state index in [1.54, 1.807) is 4.90 Å². The topological polar surface area (TPSA) is 45.1 Å². The number of ether oxygens (including phenoxy) is 1. The summed E-state index contributed by atoms with van der Waals surface area (Å²) >= 11 is 9.73. The Morgan fingerprint density at radius 1 is 1.30 bits per heavy atom. The highest BCUT2D eigenvalue weighted by atomic mass is 79.9. The number of carbonyl (C=O) groups excluding carboxylic acids is 1. The van der Waals surface area contributed by atoms with Gasteiger partial charge in [-0.25, -0.2) is 4.79 Å². The summed E-state index contributed by atoms with van der Waals surface area (Å²) in [6.45, 7) is 13.8. The maximum atomic E-state index is 12.2. The molecule has 0 atom stereocenters. The second kappa shape index (κ2) is 9.71. The Morgan fingerprint density at radius 3 is 2.59 bits per heavy atom. The molecule has 2 rings (SSSR count). The van der Waals surface area contributed by atoms with Crippen molar-refractivity contribution >= 4 is 38.8 Å². The summed E-state index contributed by atoms with van der Waals surface area (Å²) in [5.74, 6) is 0. The number of nitrogens with zero attached hydrogens (tertiary/aromatic N) is 3. The summed E-state index contributed by atoms with van der Waals surface area (Å²) < 4.78 is 6.40. The van der Waals surface area contributed by atoms with Crippen molar-refractivity contribution in [3.05, 3.63) is 46.5 Å². The van der Waals surface area contributed by atoms with Crippen molar-refractivity contribution in [2.45, 2.75) is 26.4 Å². The van der Waals surface area contributed by atoms with E-state index in [9.17, 15) is 4.79 Å². The summed E-state index contributed by atoms with van der Waals surface area (Å²) in [6, 6.07) is 0. The van der Waals surface area contributed by atoms with Crippen LogP contribution in [0, 0.1) is 0 Å². The Morgan fingerprint density at radius 2 is 1.96 bits per heavy atom. The molecule has 148 valence electrons. The van der Waals surface area contributed by atoms with Crippen molar-refractivity contribution in [3.63, 3.8) is 0 Å². The average molecular weight is 457 g/mol. The summed E-state index contributed by atoms with van der Waals surface area (Å²) in [4.78, 5) is 20.6. The molecule has 0 radical (unpaired) electrons. The van der Waals surface area contributed by atoms with Gasteiger partial charge in [0, 0.05) is 37.2 Å². The van der Waals surface area contributed by atoms with Crippen LogP contribution in [0.25, 0.3) is 0 Å². The zero-order valence-corrected chi connectivity index (χ0v) is 18.5. The summed E-state index contributed by atoms with van der Waals surface area (Å²) in [7, 11) is 0. The SMILES string of the molecule is C=C1/C=C\C(Br)=C/CN=C(Cl)/C=C\1CN1CCN(C(=O)OC(C)(C)C)CC1. The maximum Gasteiger partial charge on any atom is 0.410 e. The molecule has 0 aromatic carbocycles. The highest BCUT2D eigenvalue weighted by Crippen LogP contribution is 2.18. The third kappa shape index (κ3) is 7.64. The molecule has 1 amide bonds. The van der Waals surface area contributed by atoms with Crippen LogP contribution in [-0.2, 0) is 4.74 Å². The van der Waals surface area contributed by atoms with Gasteiger partial charge in [-0.1, -0.05) is 40.2 Å². The number of piperazine rings is 1. The molecule has 2 heterocycles. The van der Waals surface area contributed by atoms with Gasteiger partial charge in [0.2, 0.25) is 0 Å². The van der Waals surface area contributed by atoms with Crippen molar-refractivity contribution in [2.75, 3.05) is 39.3 Å². The molecule has 27 heavy (non-hydrogen) atoms. The van der Waals surface area contributed by atoms with Gasteiger partial charge in [-0.3, -0.25) is 9.89 Å². The molecular weight excluding hydrogens is 430 g/mol. The summed E-state index contributed by atoms with van der Waals surface area (Å²) in [5, 5.41) is 0.463. The molecule has 0 aromatic rings. The first-order chi connectivity index (χ1) is 12.6. The normalized spacial score (nSPS) is 25.0. The van der Waals surface area contributed by atoms with E-state index in [2.05, 4.69) is 32.4 Å². The number of hydrogen-bond acceptors (Lipinski definition) is 4. The van der Waals surface area contributed by atoms with Crippen molar-refractivity contribution in [2.24, 2.45) is 4.99 Å². The van der Waals surface area contributed by atoms with Gasteiger partial charge < -0.3 is 9.64 Å². The predicted octanol–water partition coefficient (Wildman–Crippen LogP) is 4.51. The molecule has 2 aliphatic heterocycles. The number of rotatable bonds is 2. The highest BCUT2D eigenvalue weighted by Gasteiger charge is 2.26. The second-order valence-corrected chi connectivity index (χ2v) is 8.83. The summed E-state index contributed by atoms with van der Waals surface area (Å²) in [5.41, 5.74) is 1.44. The van der Waals surface area contributed by atoms with E-state index in [1.807, 2.05) is 45.1 Å². The number of carbonyl (C=O) groups is 1. The fraction of sp³-hybridized carbons (Fsp3) is 0.500. The molecule has 0 aliphatic carbocycles. The van der Waals surface area contributed by atoms with Crippen molar-refractivity contribution < 1.29 is 9.53 Å². The lowest BCUT2D eigenvalue weighted by Gasteiger charge is -2.36. The van der Waals surface area contributed by atoms with Crippen molar-refractivity contribution in [1.82, 2.24) is 9.80 Å². The minimum Gasteiger partial charge on any atom is -0.444 e. The van der Waals surface area contributed by atoms with Gasteiger partial charge in [0.05, 0.1) is 6.54 Å². The third-order valence-corrected chi connectivity index (χ3v) is 4.91. The zero-order chi connectivity index (χ0) is 20.0. The monoisotopic (exact) mass is 455 g/mol. The molecule has 0 aromatic heterocycles. The molecule has 0 spiro atoms. The zero-order valence-electron chi connectivity index (χ0n) is 16.2. The molecule has 0 bridgehead atoms. The Balaban J connectivity index is 1.98. The van der Waals surface area contributed by atoms with Crippen molar-refractivity contribution in [3.8, 4) is 0 Å². The molecule has 2 aliphatic rings. The van der Waals surface area contributed by atoms with Gasteiger partial charge in [-0.05, 0) is 50.1 Å². The second-order valence-electron chi connectivity index (χ2n) is 7.52. The number of halogens is 2. The smallest absolute Gasteiger partial charge is 0.410 e. The first kappa shape index (κ1) is 21.9. The van der Waals surface area contributed by atoms with Crippen LogP contribution in [0.4, 0.5) is 4.79 Å². The lowest BCUT2D eigenvalue weighted by molar-refractivity contribution is 0.0153. The van der Waals surface area contributed by atoms with E-state index in [0.717, 1.165) is 28.7 Å². The third-order valence-electron chi connectivity index (χ3n) is 4.10. The van der Waals surface area contributed by atoms with Crippen LogP contribution in [0.1, 0.15) is 20.8 Å². The fourth-order valence-corrected chi connectivity index (χ4v) is 3.14. The molecular formula is C20H27BrClN3O2. The van der Waals surface area contributed by atoms with Crippen LogP contribution >= 0.6 is 27.5 Å². The quantitative estimate of drug-likeness (QED) is 0.614. The van der Waals surface area contributed by atoms with Gasteiger partial charge in [-0.15, -0.1) is 0 Å². The summed E-state index contributed by atoms with van der Waals surface area (Å²) in [6.07, 6.45) is 7.51. The van der Waals surface area contributed by atoms with Crippen LogP contribution < -0.4 is 0 Å². The van der Waals surface area contributed by atoms with Crippen molar-refractivity contribution in [1.29, 1.82) is 0 Å². The predicted molar refractivity (Wildman–Crippen MR) is 116 cm³/mol. The van der Waals surface area contributed by atoms with Gasteiger partial charge in [0.15, 0.2) is 0 Å². The molecule has 1 fully saturated rings. The van der Waals surface area contributed by atoms with Crippen LogP contribution in [0.5, 0.6) is 0 Å². The minimum absolute atomic E-state index is 0.251. The number of amides is 1. The number of allylic oxidation sites excluding steroid dienone is 4. The molecule has 0 unspecified atom stereocenters. The maximum absolute atomic E-state index is 12.2. The molecule has 5 nitrogen and oxygen atoms in total. The Hall–Kier alpha value is -1.37. The lowest BCUT2D eigenvalue weighted by Crippen LogP contribution is -2.50. The standard InChI is InChI=1S/C20H27BrClN3O2/c1-15-5-6-17(21)7-8-23-18(22)13-16(15)14-24-9-11-25(12-10-24)19(26)27-20(2,3)4/h5-7,13H,1,8-12,14H2,2-4H3/b6-5-,16-13-,17-7+,23-18?. The van der Waals surface area contributed by atoms with E-state index in [1.165, 1.54) is 0 Å². The van der Waals surface area contributed by atoms with Crippen LogP contribution in [0.2, 0.25) is 0 Å². The van der Waals surface area contributed by atoms with Crippen LogP contribution in [0.3, 0.4) is 0 Å². The van der Waals surface area contributed by atoms with Gasteiger partial charge in [0.25, 0.3) is 0 Å². The molecule has 1 saturated heterocycles. The first-order valence-corrected chi connectivity index (χ1v) is 10.1. The van der Waals surface area contributed by atoms with Gasteiger partial charge in [0.1, 0.15) is 10.8 Å². The van der Waals surface area contributed by atoms with Gasteiger partial charge in [-0.2, -0.15) is 0 Å². The highest BCUT2D eigenvalue weighted by molar-refractivity contribution is 9.11. The number of aliphatic imine (C=N–C) groups is 1. The number of hydrogen-bond donors (Lipinski definition) is 0. The van der Waals surface area contributed by atoms with Crippen LogP contribution in [-0.4, -0.2) is 65.9 Å². The van der Waals surface area contributed by atoms with E-state index in [-0.39, 0.29) is 6.09 Å². The Kier molecular flexibility index (Phi) is 7.89. The van der Waals surface area contributed by atoms with E-state index in [4.69, 9.17) is 16.3 Å². The molecule has 7 heteroatoms. The molecule has 0 saturated carbocycles. The lowest BCUT2D eigenvalue weighted by atomic mass is 10.1. The Bertz CT molecular complexity index is 697.